The summed E-state index contributed by atoms with van der Waals surface area (Å²) in [5, 5.41) is 0. The van der Waals surface area contributed by atoms with E-state index in [1.807, 2.05) is 0 Å². The molecule has 0 spiro atoms. The fourth-order valence-electron chi connectivity index (χ4n) is 3.75. The van der Waals surface area contributed by atoms with Crippen LogP contribution in [0.5, 0.6) is 0 Å². The first-order valence-corrected chi connectivity index (χ1v) is 10.4. The lowest BCUT2D eigenvalue weighted by Crippen LogP contribution is -2.47. The van der Waals surface area contributed by atoms with Crippen molar-refractivity contribution in [1.29, 1.82) is 0 Å². The van der Waals surface area contributed by atoms with Crippen molar-refractivity contribution >= 4 is 0 Å². The van der Waals surface area contributed by atoms with Gasteiger partial charge in [0.15, 0.2) is 0 Å². The Morgan fingerprint density at radius 2 is 1.00 bits per heavy atom. The highest BCUT2D eigenvalue weighted by Crippen LogP contribution is 2.34. The minimum absolute atomic E-state index is 0.118. The first-order chi connectivity index (χ1) is 10.6. The highest BCUT2D eigenvalue weighted by molar-refractivity contribution is 4.91. The molecule has 134 valence electrons. The molecule has 1 heteroatoms. The summed E-state index contributed by atoms with van der Waals surface area (Å²) in [6.45, 7) is 9.21. The van der Waals surface area contributed by atoms with Crippen molar-refractivity contribution in [2.24, 2.45) is 11.7 Å². The smallest absolute Gasteiger partial charge is 0.0182 e. The van der Waals surface area contributed by atoms with Crippen molar-refractivity contribution in [3.8, 4) is 0 Å². The Morgan fingerprint density at radius 1 is 0.591 bits per heavy atom. The molecular weight excluding hydrogens is 266 g/mol. The standard InChI is InChI=1S/C21H45N/c1-5-9-13-17-20(16-12-8-4)21(22,18-14-10-6-2)19-15-11-7-3/h20H,5-19,22H2,1-4H3. The maximum Gasteiger partial charge on any atom is 0.0182 e. The van der Waals surface area contributed by atoms with Crippen LogP contribution in [0.2, 0.25) is 0 Å². The second-order valence-corrected chi connectivity index (χ2v) is 7.48. The van der Waals surface area contributed by atoms with Crippen molar-refractivity contribution in [1.82, 2.24) is 0 Å². The van der Waals surface area contributed by atoms with E-state index in [4.69, 9.17) is 5.73 Å². The summed E-state index contributed by atoms with van der Waals surface area (Å²) in [5.41, 5.74) is 7.17. The summed E-state index contributed by atoms with van der Waals surface area (Å²) in [7, 11) is 0. The monoisotopic (exact) mass is 311 g/mol. The molecule has 0 saturated carbocycles. The van der Waals surface area contributed by atoms with Gasteiger partial charge in [-0.05, 0) is 31.6 Å². The largest absolute Gasteiger partial charge is 0.325 e. The lowest BCUT2D eigenvalue weighted by molar-refractivity contribution is 0.191. The zero-order chi connectivity index (χ0) is 16.7. The van der Waals surface area contributed by atoms with E-state index in [0.29, 0.717) is 0 Å². The minimum atomic E-state index is 0.118. The van der Waals surface area contributed by atoms with E-state index >= 15 is 0 Å². The molecule has 0 saturated heterocycles. The highest BCUT2D eigenvalue weighted by Gasteiger charge is 2.32. The molecule has 0 heterocycles. The van der Waals surface area contributed by atoms with Crippen LogP contribution in [0, 0.1) is 5.92 Å². The van der Waals surface area contributed by atoms with Crippen molar-refractivity contribution < 1.29 is 0 Å². The van der Waals surface area contributed by atoms with Gasteiger partial charge >= 0.3 is 0 Å². The Balaban J connectivity index is 4.71. The predicted octanol–water partition coefficient (Wildman–Crippen LogP) is 7.23. The van der Waals surface area contributed by atoms with Gasteiger partial charge in [-0.15, -0.1) is 0 Å². The van der Waals surface area contributed by atoms with Gasteiger partial charge in [0.1, 0.15) is 0 Å². The van der Waals surface area contributed by atoms with Gasteiger partial charge in [0, 0.05) is 5.54 Å². The molecule has 2 N–H and O–H groups in total. The second kappa shape index (κ2) is 14.5. The number of unbranched alkanes of at least 4 members (excludes halogenated alkanes) is 7. The van der Waals surface area contributed by atoms with Crippen molar-refractivity contribution in [2.75, 3.05) is 0 Å². The summed E-state index contributed by atoms with van der Waals surface area (Å²) in [5.74, 6) is 0.757. The average Bonchev–Trinajstić information content (AvgIpc) is 2.51. The number of rotatable bonds is 16. The van der Waals surface area contributed by atoms with E-state index < -0.39 is 0 Å². The maximum atomic E-state index is 7.05. The molecule has 0 aromatic heterocycles. The molecule has 0 bridgehead atoms. The fourth-order valence-corrected chi connectivity index (χ4v) is 3.75. The van der Waals surface area contributed by atoms with Crippen LogP contribution in [0.3, 0.4) is 0 Å². The first-order valence-electron chi connectivity index (χ1n) is 10.4. The van der Waals surface area contributed by atoms with Gasteiger partial charge in [0.2, 0.25) is 0 Å². The van der Waals surface area contributed by atoms with Crippen LogP contribution in [-0.2, 0) is 0 Å². The van der Waals surface area contributed by atoms with Crippen LogP contribution >= 0.6 is 0 Å². The van der Waals surface area contributed by atoms with Crippen molar-refractivity contribution in [3.63, 3.8) is 0 Å². The van der Waals surface area contributed by atoms with Crippen LogP contribution in [0.4, 0.5) is 0 Å². The van der Waals surface area contributed by atoms with E-state index in [2.05, 4.69) is 27.7 Å². The molecule has 0 fully saturated rings. The van der Waals surface area contributed by atoms with Gasteiger partial charge in [-0.2, -0.15) is 0 Å². The molecule has 0 rings (SSSR count). The van der Waals surface area contributed by atoms with Crippen molar-refractivity contribution in [3.05, 3.63) is 0 Å². The minimum Gasteiger partial charge on any atom is -0.325 e. The average molecular weight is 312 g/mol. The predicted molar refractivity (Wildman–Crippen MR) is 102 cm³/mol. The summed E-state index contributed by atoms with van der Waals surface area (Å²) in [6.07, 6.45) is 19.9. The third-order valence-corrected chi connectivity index (χ3v) is 5.37. The SMILES string of the molecule is CCCCCC(CCCC)C(N)(CCCCC)CCCCC. The zero-order valence-corrected chi connectivity index (χ0v) is 16.3. The van der Waals surface area contributed by atoms with Gasteiger partial charge < -0.3 is 5.73 Å². The molecule has 0 aromatic rings. The lowest BCUT2D eigenvalue weighted by atomic mass is 9.72. The summed E-state index contributed by atoms with van der Waals surface area (Å²) >= 11 is 0. The van der Waals surface area contributed by atoms with Crippen LogP contribution < -0.4 is 5.73 Å². The Bertz CT molecular complexity index is 214. The number of nitrogens with two attached hydrogens (primary N) is 1. The molecule has 0 radical (unpaired) electrons. The Kier molecular flexibility index (Phi) is 14.5. The molecule has 1 nitrogen and oxygen atoms in total. The molecule has 1 unspecified atom stereocenters. The van der Waals surface area contributed by atoms with Crippen LogP contribution in [-0.4, -0.2) is 5.54 Å². The Hall–Kier alpha value is -0.0400. The van der Waals surface area contributed by atoms with Crippen LogP contribution in [0.15, 0.2) is 0 Å². The van der Waals surface area contributed by atoms with Gasteiger partial charge in [-0.1, -0.05) is 98.3 Å². The van der Waals surface area contributed by atoms with E-state index in [1.54, 1.807) is 0 Å². The Morgan fingerprint density at radius 3 is 1.45 bits per heavy atom. The van der Waals surface area contributed by atoms with Crippen LogP contribution in [0.25, 0.3) is 0 Å². The quantitative estimate of drug-likeness (QED) is 0.299. The fraction of sp³-hybridized carbons (Fsp3) is 1.00. The van der Waals surface area contributed by atoms with Gasteiger partial charge in [-0.3, -0.25) is 0 Å². The molecule has 0 aliphatic carbocycles. The third-order valence-electron chi connectivity index (χ3n) is 5.37. The lowest BCUT2D eigenvalue weighted by Gasteiger charge is -2.39. The van der Waals surface area contributed by atoms with E-state index in [1.165, 1.54) is 96.3 Å². The van der Waals surface area contributed by atoms with E-state index in [9.17, 15) is 0 Å². The third kappa shape index (κ3) is 9.87. The normalized spacial score (nSPS) is 13.5. The summed E-state index contributed by atoms with van der Waals surface area (Å²) in [6, 6.07) is 0. The summed E-state index contributed by atoms with van der Waals surface area (Å²) in [4.78, 5) is 0. The maximum absolute atomic E-state index is 7.05. The van der Waals surface area contributed by atoms with E-state index in [-0.39, 0.29) is 5.54 Å². The molecular formula is C21H45N. The first kappa shape index (κ1) is 22.0. The van der Waals surface area contributed by atoms with E-state index in [0.717, 1.165) is 5.92 Å². The second-order valence-electron chi connectivity index (χ2n) is 7.48. The van der Waals surface area contributed by atoms with Gasteiger partial charge in [0.05, 0.1) is 0 Å². The highest BCUT2D eigenvalue weighted by atomic mass is 14.8. The molecule has 0 aliphatic rings. The molecule has 22 heavy (non-hydrogen) atoms. The zero-order valence-electron chi connectivity index (χ0n) is 16.3. The number of hydrogen-bond donors (Lipinski definition) is 1. The topological polar surface area (TPSA) is 26.0 Å². The molecule has 1 atom stereocenters. The Labute approximate surface area is 141 Å². The molecule has 0 amide bonds. The van der Waals surface area contributed by atoms with Crippen LogP contribution in [0.1, 0.15) is 124 Å². The number of hydrogen-bond acceptors (Lipinski definition) is 1. The molecule has 0 aliphatic heterocycles. The van der Waals surface area contributed by atoms with Gasteiger partial charge in [0.25, 0.3) is 0 Å². The summed E-state index contributed by atoms with van der Waals surface area (Å²) < 4.78 is 0. The van der Waals surface area contributed by atoms with Gasteiger partial charge in [-0.25, -0.2) is 0 Å². The van der Waals surface area contributed by atoms with Crippen molar-refractivity contribution in [2.45, 2.75) is 130 Å². The molecule has 0 aromatic carbocycles.